The highest BCUT2D eigenvalue weighted by molar-refractivity contribution is 7.89. The van der Waals surface area contributed by atoms with Gasteiger partial charge in [-0.3, -0.25) is 9.59 Å². The number of thiophene rings is 1. The number of nitrogens with one attached hydrogen (secondary N) is 1. The molecule has 2 aromatic rings. The zero-order valence-corrected chi connectivity index (χ0v) is 19.4. The standard InChI is InChI=1S/C21H28N2O5S2/c1-5-23(6-2)30(26,27)20-14-16(9-11-18(20)28-7-3)22-21(25)13-10-17(24)19-12-8-15(4)29-19/h8-9,11-12,14H,5-7,10,13H2,1-4H3,(H,22,25). The Morgan fingerprint density at radius 1 is 1.07 bits per heavy atom. The van der Waals surface area contributed by atoms with Gasteiger partial charge in [0.15, 0.2) is 5.78 Å². The average molecular weight is 453 g/mol. The molecule has 1 N–H and O–H groups in total. The van der Waals surface area contributed by atoms with E-state index >= 15 is 0 Å². The first-order chi connectivity index (χ1) is 14.2. The zero-order chi connectivity index (χ0) is 22.3. The molecule has 0 fully saturated rings. The molecule has 0 saturated heterocycles. The van der Waals surface area contributed by atoms with Gasteiger partial charge in [0, 0.05) is 36.5 Å². The number of Topliss-reactive ketones (excluding diaryl/α,β-unsaturated/α-hetero) is 1. The predicted octanol–water partition coefficient (Wildman–Crippen LogP) is 4.09. The Morgan fingerprint density at radius 3 is 2.33 bits per heavy atom. The molecule has 0 atom stereocenters. The van der Waals surface area contributed by atoms with Gasteiger partial charge in [0.1, 0.15) is 10.6 Å². The summed E-state index contributed by atoms with van der Waals surface area (Å²) in [5.74, 6) is -0.197. The molecule has 1 aromatic heterocycles. The van der Waals surface area contributed by atoms with Crippen LogP contribution in [0, 0.1) is 6.92 Å². The highest BCUT2D eigenvalue weighted by Crippen LogP contribution is 2.30. The van der Waals surface area contributed by atoms with E-state index in [1.807, 2.05) is 13.0 Å². The Kier molecular flexibility index (Phi) is 8.57. The van der Waals surface area contributed by atoms with Crippen LogP contribution in [-0.4, -0.2) is 44.1 Å². The second-order valence-electron chi connectivity index (χ2n) is 6.57. The van der Waals surface area contributed by atoms with Crippen LogP contribution in [0.2, 0.25) is 0 Å². The summed E-state index contributed by atoms with van der Waals surface area (Å²) >= 11 is 1.40. The fourth-order valence-corrected chi connectivity index (χ4v) is 5.37. The first-order valence-electron chi connectivity index (χ1n) is 9.89. The van der Waals surface area contributed by atoms with Crippen LogP contribution in [-0.2, 0) is 14.8 Å². The molecule has 0 saturated carbocycles. The molecule has 0 radical (unpaired) electrons. The molecule has 0 spiro atoms. The molecule has 0 aliphatic rings. The number of nitrogens with zero attached hydrogens (tertiary/aromatic N) is 1. The first-order valence-corrected chi connectivity index (χ1v) is 12.1. The minimum Gasteiger partial charge on any atom is -0.492 e. The molecular weight excluding hydrogens is 424 g/mol. The normalized spacial score (nSPS) is 11.5. The Balaban J connectivity index is 2.15. The van der Waals surface area contributed by atoms with Crippen molar-refractivity contribution >= 4 is 38.7 Å². The van der Waals surface area contributed by atoms with Crippen molar-refractivity contribution in [1.29, 1.82) is 0 Å². The number of benzene rings is 1. The summed E-state index contributed by atoms with van der Waals surface area (Å²) in [5, 5.41) is 2.68. The van der Waals surface area contributed by atoms with Crippen molar-refractivity contribution in [2.24, 2.45) is 0 Å². The van der Waals surface area contributed by atoms with Gasteiger partial charge < -0.3 is 10.1 Å². The molecule has 2 rings (SSSR count). The van der Waals surface area contributed by atoms with Gasteiger partial charge in [0.2, 0.25) is 15.9 Å². The van der Waals surface area contributed by atoms with Gasteiger partial charge in [-0.25, -0.2) is 8.42 Å². The molecule has 0 aliphatic carbocycles. The van der Waals surface area contributed by atoms with Gasteiger partial charge in [-0.05, 0) is 44.2 Å². The van der Waals surface area contributed by atoms with Crippen LogP contribution in [0.25, 0.3) is 0 Å². The molecule has 1 aromatic carbocycles. The fourth-order valence-electron chi connectivity index (χ4n) is 2.92. The third-order valence-corrected chi connectivity index (χ3v) is 7.56. The molecular formula is C21H28N2O5S2. The summed E-state index contributed by atoms with van der Waals surface area (Å²) in [7, 11) is -3.77. The minimum absolute atomic E-state index is 0.0102. The third kappa shape index (κ3) is 5.90. The highest BCUT2D eigenvalue weighted by Gasteiger charge is 2.26. The Morgan fingerprint density at radius 2 is 1.77 bits per heavy atom. The van der Waals surface area contributed by atoms with Gasteiger partial charge in [0.05, 0.1) is 11.5 Å². The Hall–Kier alpha value is -2.23. The van der Waals surface area contributed by atoms with E-state index in [-0.39, 0.29) is 35.2 Å². The van der Waals surface area contributed by atoms with Crippen LogP contribution in [0.1, 0.15) is 48.2 Å². The summed E-state index contributed by atoms with van der Waals surface area (Å²) < 4.78 is 32.8. The number of ether oxygens (including phenoxy) is 1. The highest BCUT2D eigenvalue weighted by atomic mass is 32.2. The summed E-state index contributed by atoms with van der Waals surface area (Å²) in [4.78, 5) is 26.2. The van der Waals surface area contributed by atoms with Gasteiger partial charge in [-0.1, -0.05) is 13.8 Å². The first kappa shape index (κ1) is 24.0. The lowest BCUT2D eigenvalue weighted by atomic mass is 10.2. The van der Waals surface area contributed by atoms with Crippen molar-refractivity contribution in [3.05, 3.63) is 40.1 Å². The molecule has 0 unspecified atom stereocenters. The number of anilines is 1. The lowest BCUT2D eigenvalue weighted by Crippen LogP contribution is -2.31. The van der Waals surface area contributed by atoms with E-state index in [0.717, 1.165) is 4.88 Å². The SMILES string of the molecule is CCOc1ccc(NC(=O)CCC(=O)c2ccc(C)s2)cc1S(=O)(=O)N(CC)CC. The molecule has 9 heteroatoms. The number of carbonyl (C=O) groups excluding carboxylic acids is 2. The van der Waals surface area contributed by atoms with E-state index in [4.69, 9.17) is 4.74 Å². The van der Waals surface area contributed by atoms with E-state index in [9.17, 15) is 18.0 Å². The van der Waals surface area contributed by atoms with E-state index < -0.39 is 10.0 Å². The van der Waals surface area contributed by atoms with Gasteiger partial charge in [-0.2, -0.15) is 4.31 Å². The quantitative estimate of drug-likeness (QED) is 0.519. The van der Waals surface area contributed by atoms with Gasteiger partial charge >= 0.3 is 0 Å². The van der Waals surface area contributed by atoms with Crippen molar-refractivity contribution in [3.63, 3.8) is 0 Å². The zero-order valence-electron chi connectivity index (χ0n) is 17.7. The van der Waals surface area contributed by atoms with Crippen LogP contribution in [0.4, 0.5) is 5.69 Å². The summed E-state index contributed by atoms with van der Waals surface area (Å²) in [6.45, 7) is 8.19. The van der Waals surface area contributed by atoms with Crippen LogP contribution >= 0.6 is 11.3 Å². The second-order valence-corrected chi connectivity index (χ2v) is 9.76. The molecule has 0 bridgehead atoms. The van der Waals surface area contributed by atoms with Crippen LogP contribution in [0.3, 0.4) is 0 Å². The minimum atomic E-state index is -3.77. The molecule has 30 heavy (non-hydrogen) atoms. The van der Waals surface area contributed by atoms with Crippen LogP contribution < -0.4 is 10.1 Å². The van der Waals surface area contributed by atoms with E-state index in [2.05, 4.69) is 5.32 Å². The Labute approximate surface area is 182 Å². The number of rotatable bonds is 11. The molecule has 1 amide bonds. The maximum Gasteiger partial charge on any atom is 0.246 e. The monoisotopic (exact) mass is 452 g/mol. The smallest absolute Gasteiger partial charge is 0.246 e. The number of hydrogen-bond donors (Lipinski definition) is 1. The lowest BCUT2D eigenvalue weighted by Gasteiger charge is -2.21. The molecule has 7 nitrogen and oxygen atoms in total. The van der Waals surface area contributed by atoms with E-state index in [1.165, 1.54) is 27.8 Å². The topological polar surface area (TPSA) is 92.8 Å². The van der Waals surface area contributed by atoms with Gasteiger partial charge in [-0.15, -0.1) is 11.3 Å². The third-order valence-electron chi connectivity index (χ3n) is 4.44. The number of amides is 1. The molecule has 0 aliphatic heterocycles. The number of ketones is 1. The van der Waals surface area contributed by atoms with Crippen molar-refractivity contribution in [3.8, 4) is 5.75 Å². The Bertz CT molecular complexity index is 995. The van der Waals surface area contributed by atoms with Crippen LogP contribution in [0.5, 0.6) is 5.75 Å². The fraction of sp³-hybridized carbons (Fsp3) is 0.429. The maximum atomic E-state index is 13.0. The number of sulfonamides is 1. The lowest BCUT2D eigenvalue weighted by molar-refractivity contribution is -0.116. The van der Waals surface area contributed by atoms with Crippen molar-refractivity contribution in [1.82, 2.24) is 4.31 Å². The number of aryl methyl sites for hydroxylation is 1. The predicted molar refractivity (Wildman–Crippen MR) is 119 cm³/mol. The maximum absolute atomic E-state index is 13.0. The largest absolute Gasteiger partial charge is 0.492 e. The van der Waals surface area contributed by atoms with E-state index in [0.29, 0.717) is 30.3 Å². The van der Waals surface area contributed by atoms with Gasteiger partial charge in [0.25, 0.3) is 0 Å². The average Bonchev–Trinajstić information content (AvgIpc) is 3.14. The van der Waals surface area contributed by atoms with Crippen molar-refractivity contribution in [2.75, 3.05) is 25.0 Å². The molecule has 164 valence electrons. The number of carbonyl (C=O) groups is 2. The van der Waals surface area contributed by atoms with Crippen LogP contribution in [0.15, 0.2) is 35.2 Å². The van der Waals surface area contributed by atoms with Crippen molar-refractivity contribution in [2.45, 2.75) is 45.4 Å². The molecule has 1 heterocycles. The second kappa shape index (κ2) is 10.7. The summed E-state index contributed by atoms with van der Waals surface area (Å²) in [5.41, 5.74) is 0.341. The summed E-state index contributed by atoms with van der Waals surface area (Å²) in [6.07, 6.45) is 0.106. The van der Waals surface area contributed by atoms with Crippen molar-refractivity contribution < 1.29 is 22.7 Å². The van der Waals surface area contributed by atoms with E-state index in [1.54, 1.807) is 32.9 Å². The number of hydrogen-bond acceptors (Lipinski definition) is 6. The summed E-state index contributed by atoms with van der Waals surface area (Å²) in [6, 6.07) is 8.16.